The van der Waals surface area contributed by atoms with Gasteiger partial charge in [0.15, 0.2) is 0 Å². The van der Waals surface area contributed by atoms with Crippen LogP contribution < -0.4 is 0 Å². The van der Waals surface area contributed by atoms with Gasteiger partial charge in [-0.25, -0.2) is 0 Å². The van der Waals surface area contributed by atoms with Crippen molar-refractivity contribution in [3.05, 3.63) is 42.1 Å². The summed E-state index contributed by atoms with van der Waals surface area (Å²) in [5.74, 6) is 0.259. The largest absolute Gasteiger partial charge is 0.508 e. The van der Waals surface area contributed by atoms with E-state index in [0.29, 0.717) is 0 Å². The van der Waals surface area contributed by atoms with E-state index < -0.39 is 0 Å². The number of hydrogen-bond donors (Lipinski definition) is 1. The molecule has 0 aliphatic heterocycles. The molecule has 0 aliphatic carbocycles. The van der Waals surface area contributed by atoms with Crippen LogP contribution in [0, 0.1) is 6.92 Å². The van der Waals surface area contributed by atoms with Crippen molar-refractivity contribution in [3.8, 4) is 17.0 Å². The summed E-state index contributed by atoms with van der Waals surface area (Å²) in [5, 5.41) is 17.0. The molecular weight excluding hydrogens is 176 g/mol. The van der Waals surface area contributed by atoms with Crippen molar-refractivity contribution in [1.82, 2.24) is 10.2 Å². The third-order valence-corrected chi connectivity index (χ3v) is 1.95. The SMILES string of the molecule is Cc1cnnc(-c2ccc(O)cc2)c1. The molecule has 2 aromatic rings. The predicted molar refractivity (Wildman–Crippen MR) is 53.9 cm³/mol. The van der Waals surface area contributed by atoms with E-state index in [0.717, 1.165) is 16.8 Å². The van der Waals surface area contributed by atoms with Gasteiger partial charge in [0.05, 0.1) is 11.9 Å². The van der Waals surface area contributed by atoms with Gasteiger partial charge in [-0.3, -0.25) is 0 Å². The van der Waals surface area contributed by atoms with Crippen molar-refractivity contribution in [2.75, 3.05) is 0 Å². The van der Waals surface area contributed by atoms with Crippen LogP contribution in [0.15, 0.2) is 36.5 Å². The Bertz CT molecular complexity index is 437. The molecule has 0 aliphatic rings. The molecule has 0 bridgehead atoms. The molecule has 0 amide bonds. The molecule has 0 spiro atoms. The summed E-state index contributed by atoms with van der Waals surface area (Å²) in [5.41, 5.74) is 2.85. The standard InChI is InChI=1S/C11H10N2O/c1-8-6-11(13-12-7-8)9-2-4-10(14)5-3-9/h2-7,14H,1H3. The van der Waals surface area contributed by atoms with E-state index in [1.165, 1.54) is 0 Å². The first-order valence-corrected chi connectivity index (χ1v) is 4.34. The Balaban J connectivity index is 2.44. The Morgan fingerprint density at radius 2 is 1.86 bits per heavy atom. The fraction of sp³-hybridized carbons (Fsp3) is 0.0909. The average molecular weight is 186 g/mol. The topological polar surface area (TPSA) is 46.0 Å². The lowest BCUT2D eigenvalue weighted by Crippen LogP contribution is -1.87. The lowest BCUT2D eigenvalue weighted by atomic mass is 10.1. The molecule has 14 heavy (non-hydrogen) atoms. The Labute approximate surface area is 82.1 Å². The first-order chi connectivity index (χ1) is 6.75. The zero-order valence-electron chi connectivity index (χ0n) is 7.81. The van der Waals surface area contributed by atoms with Crippen LogP contribution >= 0.6 is 0 Å². The second-order valence-corrected chi connectivity index (χ2v) is 3.17. The summed E-state index contributed by atoms with van der Waals surface area (Å²) in [4.78, 5) is 0. The number of aromatic hydroxyl groups is 1. The highest BCUT2D eigenvalue weighted by Crippen LogP contribution is 2.19. The van der Waals surface area contributed by atoms with Crippen molar-refractivity contribution in [2.24, 2.45) is 0 Å². The quantitative estimate of drug-likeness (QED) is 0.742. The van der Waals surface area contributed by atoms with E-state index in [4.69, 9.17) is 5.11 Å². The molecule has 3 nitrogen and oxygen atoms in total. The minimum Gasteiger partial charge on any atom is -0.508 e. The molecule has 0 fully saturated rings. The molecule has 2 rings (SSSR count). The van der Waals surface area contributed by atoms with E-state index in [1.807, 2.05) is 25.1 Å². The molecule has 1 heterocycles. The van der Waals surface area contributed by atoms with Gasteiger partial charge in [-0.15, -0.1) is 0 Å². The zero-order chi connectivity index (χ0) is 9.97. The number of phenols is 1. The average Bonchev–Trinajstić information content (AvgIpc) is 2.19. The fourth-order valence-corrected chi connectivity index (χ4v) is 1.24. The summed E-state index contributed by atoms with van der Waals surface area (Å²) in [7, 11) is 0. The summed E-state index contributed by atoms with van der Waals surface area (Å²) < 4.78 is 0. The van der Waals surface area contributed by atoms with Crippen molar-refractivity contribution < 1.29 is 5.11 Å². The molecule has 0 atom stereocenters. The van der Waals surface area contributed by atoms with Gasteiger partial charge in [-0.2, -0.15) is 10.2 Å². The minimum absolute atomic E-state index is 0.259. The molecule has 0 unspecified atom stereocenters. The number of aryl methyl sites for hydroxylation is 1. The first kappa shape index (κ1) is 8.69. The van der Waals surface area contributed by atoms with Crippen LogP contribution in [0.25, 0.3) is 11.3 Å². The van der Waals surface area contributed by atoms with Gasteiger partial charge in [0, 0.05) is 5.56 Å². The van der Waals surface area contributed by atoms with Crippen molar-refractivity contribution in [3.63, 3.8) is 0 Å². The molecule has 0 saturated heterocycles. The molecule has 1 aromatic heterocycles. The Morgan fingerprint density at radius 3 is 2.50 bits per heavy atom. The van der Waals surface area contributed by atoms with E-state index >= 15 is 0 Å². The smallest absolute Gasteiger partial charge is 0.115 e. The number of phenolic OH excluding ortho intramolecular Hbond substituents is 1. The van der Waals surface area contributed by atoms with Crippen LogP contribution in [0.1, 0.15) is 5.56 Å². The van der Waals surface area contributed by atoms with Gasteiger partial charge in [0.25, 0.3) is 0 Å². The Morgan fingerprint density at radius 1 is 1.14 bits per heavy atom. The number of benzene rings is 1. The van der Waals surface area contributed by atoms with Gasteiger partial charge in [0.2, 0.25) is 0 Å². The summed E-state index contributed by atoms with van der Waals surface area (Å²) >= 11 is 0. The summed E-state index contributed by atoms with van der Waals surface area (Å²) in [6.45, 7) is 1.97. The van der Waals surface area contributed by atoms with Crippen LogP contribution in [0.2, 0.25) is 0 Å². The predicted octanol–water partition coefficient (Wildman–Crippen LogP) is 2.16. The number of hydrogen-bond acceptors (Lipinski definition) is 3. The third-order valence-electron chi connectivity index (χ3n) is 1.95. The fourth-order valence-electron chi connectivity index (χ4n) is 1.24. The maximum atomic E-state index is 9.12. The van der Waals surface area contributed by atoms with Crippen LogP contribution in [0.3, 0.4) is 0 Å². The van der Waals surface area contributed by atoms with Gasteiger partial charge < -0.3 is 5.11 Å². The highest BCUT2D eigenvalue weighted by Gasteiger charge is 1.99. The second-order valence-electron chi connectivity index (χ2n) is 3.17. The summed E-state index contributed by atoms with van der Waals surface area (Å²) in [6, 6.07) is 8.87. The van der Waals surface area contributed by atoms with Gasteiger partial charge in [0.1, 0.15) is 5.75 Å². The molecular formula is C11H10N2O. The number of aromatic nitrogens is 2. The van der Waals surface area contributed by atoms with E-state index in [1.54, 1.807) is 18.3 Å². The highest BCUT2D eigenvalue weighted by molar-refractivity contribution is 5.59. The second kappa shape index (κ2) is 3.46. The van der Waals surface area contributed by atoms with Gasteiger partial charge >= 0.3 is 0 Å². The number of nitrogens with zero attached hydrogens (tertiary/aromatic N) is 2. The minimum atomic E-state index is 0.259. The molecule has 1 aromatic carbocycles. The molecule has 1 N–H and O–H groups in total. The Hall–Kier alpha value is -1.90. The monoisotopic (exact) mass is 186 g/mol. The van der Waals surface area contributed by atoms with Crippen LogP contribution in [-0.4, -0.2) is 15.3 Å². The number of rotatable bonds is 1. The van der Waals surface area contributed by atoms with Crippen molar-refractivity contribution in [1.29, 1.82) is 0 Å². The van der Waals surface area contributed by atoms with Crippen molar-refractivity contribution in [2.45, 2.75) is 6.92 Å². The maximum absolute atomic E-state index is 9.12. The van der Waals surface area contributed by atoms with Gasteiger partial charge in [-0.1, -0.05) is 0 Å². The van der Waals surface area contributed by atoms with E-state index in [2.05, 4.69) is 10.2 Å². The molecule has 3 heteroatoms. The van der Waals surface area contributed by atoms with E-state index in [9.17, 15) is 0 Å². The van der Waals surface area contributed by atoms with Gasteiger partial charge in [-0.05, 0) is 42.8 Å². The van der Waals surface area contributed by atoms with E-state index in [-0.39, 0.29) is 5.75 Å². The molecule has 0 saturated carbocycles. The Kier molecular flexibility index (Phi) is 2.14. The molecule has 0 radical (unpaired) electrons. The van der Waals surface area contributed by atoms with Crippen molar-refractivity contribution >= 4 is 0 Å². The lowest BCUT2D eigenvalue weighted by Gasteiger charge is -2.00. The maximum Gasteiger partial charge on any atom is 0.115 e. The summed E-state index contributed by atoms with van der Waals surface area (Å²) in [6.07, 6.45) is 1.71. The normalized spacial score (nSPS) is 10.1. The highest BCUT2D eigenvalue weighted by atomic mass is 16.3. The zero-order valence-corrected chi connectivity index (χ0v) is 7.81. The van der Waals surface area contributed by atoms with Crippen LogP contribution in [-0.2, 0) is 0 Å². The third kappa shape index (κ3) is 1.71. The lowest BCUT2D eigenvalue weighted by molar-refractivity contribution is 0.475. The van der Waals surface area contributed by atoms with Crippen LogP contribution in [0.5, 0.6) is 5.75 Å². The first-order valence-electron chi connectivity index (χ1n) is 4.34. The van der Waals surface area contributed by atoms with Crippen LogP contribution in [0.4, 0.5) is 0 Å². The molecule has 70 valence electrons.